The van der Waals surface area contributed by atoms with Gasteiger partial charge in [0.2, 0.25) is 0 Å². The normalized spacial score (nSPS) is 17.0. The summed E-state index contributed by atoms with van der Waals surface area (Å²) in [5.74, 6) is 2.89. The van der Waals surface area contributed by atoms with Gasteiger partial charge in [-0.05, 0) is 101 Å². The molecule has 2 unspecified atom stereocenters. The number of rotatable bonds is 25. The van der Waals surface area contributed by atoms with Crippen LogP contribution in [0.15, 0.2) is 102 Å². The van der Waals surface area contributed by atoms with Crippen LogP contribution in [0.2, 0.25) is 0 Å². The fourth-order valence-electron chi connectivity index (χ4n) is 6.22. The van der Waals surface area contributed by atoms with Crippen molar-refractivity contribution in [1.29, 1.82) is 0 Å². The smallest absolute Gasteiger partial charge is 0.0364 e. The van der Waals surface area contributed by atoms with Crippen LogP contribution < -0.4 is 9.80 Å². The van der Waals surface area contributed by atoms with E-state index in [9.17, 15) is 0 Å². The molecule has 1 aliphatic rings. The van der Waals surface area contributed by atoms with Crippen molar-refractivity contribution < 1.29 is 0 Å². The van der Waals surface area contributed by atoms with Crippen LogP contribution in [0, 0.1) is 5.92 Å². The Labute approximate surface area is 331 Å². The third-order valence-electron chi connectivity index (χ3n) is 9.67. The Kier molecular flexibility index (Phi) is 22.4. The van der Waals surface area contributed by atoms with Gasteiger partial charge in [0.15, 0.2) is 0 Å². The molecule has 1 heterocycles. The summed E-state index contributed by atoms with van der Waals surface area (Å²) in [6.07, 6.45) is 25.7. The molecule has 0 fully saturated rings. The zero-order valence-corrected chi connectivity index (χ0v) is 35.4. The SMILES string of the molecule is CC/N=C/C=C\C=C\C=C\c1ccc(N(C)CCCN(C)CCSSCCN(C)CCCN(C)c2ccc(/C=C/C3C(C)C=CCN3CC)cc2)cc1. The van der Waals surface area contributed by atoms with Gasteiger partial charge in [-0.3, -0.25) is 9.89 Å². The first-order valence-corrected chi connectivity index (χ1v) is 22.1. The van der Waals surface area contributed by atoms with Gasteiger partial charge in [-0.2, -0.15) is 0 Å². The van der Waals surface area contributed by atoms with Crippen LogP contribution in [0.4, 0.5) is 11.4 Å². The highest BCUT2D eigenvalue weighted by Gasteiger charge is 2.21. The molecular weight excluding hydrogens is 689 g/mol. The van der Waals surface area contributed by atoms with Gasteiger partial charge in [0.05, 0.1) is 0 Å². The average Bonchev–Trinajstić information content (AvgIpc) is 3.17. The molecule has 0 radical (unpaired) electrons. The van der Waals surface area contributed by atoms with Crippen LogP contribution in [0.1, 0.15) is 44.7 Å². The molecule has 3 rings (SSSR count). The summed E-state index contributed by atoms with van der Waals surface area (Å²) in [5, 5.41) is 0. The first kappa shape index (κ1) is 44.4. The highest BCUT2D eigenvalue weighted by Crippen LogP contribution is 2.22. The summed E-state index contributed by atoms with van der Waals surface area (Å²) in [7, 11) is 12.9. The number of aliphatic imine (C=N–C) groups is 1. The van der Waals surface area contributed by atoms with Crippen LogP contribution in [0.3, 0.4) is 0 Å². The standard InChI is InChI=1S/C45H68N6S2/c1-8-46-30-14-12-10-11-13-19-41-20-25-43(26-21-41)49(6)33-16-31-47(4)36-38-52-53-39-37-48(5)32-17-34-50(7)44-27-22-42(23-28-44)24-29-45-40(3)18-15-35-51(45)9-2/h10-15,18-30,40,45H,8-9,16-17,31-39H2,1-7H3/b11-10+,14-12-,19-13+,29-24+,46-30+. The molecule has 2 aromatic rings. The first-order chi connectivity index (χ1) is 25.8. The van der Waals surface area contributed by atoms with Gasteiger partial charge >= 0.3 is 0 Å². The highest BCUT2D eigenvalue weighted by atomic mass is 33.1. The molecule has 0 saturated heterocycles. The Balaban J connectivity index is 1.19. The van der Waals surface area contributed by atoms with Crippen molar-refractivity contribution in [2.75, 3.05) is 108 Å². The summed E-state index contributed by atoms with van der Waals surface area (Å²) in [5.41, 5.74) is 5.04. The van der Waals surface area contributed by atoms with E-state index in [1.54, 1.807) is 0 Å². The summed E-state index contributed by atoms with van der Waals surface area (Å²) < 4.78 is 0. The number of nitrogens with zero attached hydrogens (tertiary/aromatic N) is 6. The summed E-state index contributed by atoms with van der Waals surface area (Å²) in [4.78, 5) is 16.4. The van der Waals surface area contributed by atoms with E-state index in [2.05, 4.69) is 157 Å². The molecular formula is C45H68N6S2. The average molecular weight is 757 g/mol. The quantitative estimate of drug-likeness (QED) is 0.0328. The third kappa shape index (κ3) is 18.2. The van der Waals surface area contributed by atoms with Gasteiger partial charge in [0, 0.05) is 88.5 Å². The Morgan fingerprint density at radius 2 is 1.21 bits per heavy atom. The van der Waals surface area contributed by atoms with Gasteiger partial charge in [-0.1, -0.05) is 114 Å². The van der Waals surface area contributed by atoms with Crippen LogP contribution in [-0.4, -0.2) is 126 Å². The summed E-state index contributed by atoms with van der Waals surface area (Å²) in [6.45, 7) is 16.2. The molecule has 0 bridgehead atoms. The molecule has 53 heavy (non-hydrogen) atoms. The fourth-order valence-corrected chi connectivity index (χ4v) is 8.38. The Bertz CT molecular complexity index is 1430. The molecule has 2 atom stereocenters. The van der Waals surface area contributed by atoms with E-state index < -0.39 is 0 Å². The van der Waals surface area contributed by atoms with Crippen LogP contribution in [0.5, 0.6) is 0 Å². The number of likely N-dealkylation sites (N-methyl/N-ethyl adjacent to an activating group) is 1. The molecule has 2 aromatic carbocycles. The van der Waals surface area contributed by atoms with E-state index in [0.717, 1.165) is 65.3 Å². The molecule has 290 valence electrons. The predicted octanol–water partition coefficient (Wildman–Crippen LogP) is 9.41. The van der Waals surface area contributed by atoms with Crippen LogP contribution in [0.25, 0.3) is 12.2 Å². The molecule has 0 spiro atoms. The lowest BCUT2D eigenvalue weighted by Gasteiger charge is -2.34. The lowest BCUT2D eigenvalue weighted by atomic mass is 9.95. The topological polar surface area (TPSA) is 28.6 Å². The Morgan fingerprint density at radius 1 is 0.679 bits per heavy atom. The van der Waals surface area contributed by atoms with Gasteiger partial charge in [-0.15, -0.1) is 0 Å². The van der Waals surface area contributed by atoms with E-state index in [4.69, 9.17) is 0 Å². The van der Waals surface area contributed by atoms with E-state index >= 15 is 0 Å². The summed E-state index contributed by atoms with van der Waals surface area (Å²) >= 11 is 0. The minimum atomic E-state index is 0.481. The minimum absolute atomic E-state index is 0.481. The maximum Gasteiger partial charge on any atom is 0.0364 e. The third-order valence-corrected chi connectivity index (χ3v) is 12.0. The lowest BCUT2D eigenvalue weighted by molar-refractivity contribution is 0.220. The second-order valence-corrected chi connectivity index (χ2v) is 16.7. The fraction of sp³-hybridized carbons (Fsp3) is 0.489. The van der Waals surface area contributed by atoms with E-state index in [0.29, 0.717) is 12.0 Å². The number of allylic oxidation sites excluding steroid dienone is 5. The van der Waals surface area contributed by atoms with E-state index in [1.807, 2.05) is 59.0 Å². The van der Waals surface area contributed by atoms with Crippen molar-refractivity contribution in [3.05, 3.63) is 108 Å². The molecule has 0 amide bonds. The second-order valence-electron chi connectivity index (χ2n) is 14.0. The number of hydrogen-bond acceptors (Lipinski definition) is 8. The van der Waals surface area contributed by atoms with Gasteiger partial charge in [0.1, 0.15) is 0 Å². The monoisotopic (exact) mass is 756 g/mol. The Hall–Kier alpha value is -3.01. The van der Waals surface area contributed by atoms with Crippen molar-refractivity contribution in [3.63, 3.8) is 0 Å². The van der Waals surface area contributed by atoms with Crippen LogP contribution in [-0.2, 0) is 0 Å². The highest BCUT2D eigenvalue weighted by molar-refractivity contribution is 8.76. The molecule has 1 aliphatic heterocycles. The minimum Gasteiger partial charge on any atom is -0.375 e. The van der Waals surface area contributed by atoms with Crippen molar-refractivity contribution in [2.45, 2.75) is 39.7 Å². The Morgan fingerprint density at radius 3 is 1.75 bits per heavy atom. The first-order valence-electron chi connectivity index (χ1n) is 19.6. The maximum atomic E-state index is 4.16. The van der Waals surface area contributed by atoms with Gasteiger partial charge < -0.3 is 19.6 Å². The van der Waals surface area contributed by atoms with Crippen molar-refractivity contribution >= 4 is 51.3 Å². The van der Waals surface area contributed by atoms with E-state index in [-0.39, 0.29) is 0 Å². The number of benzene rings is 2. The van der Waals surface area contributed by atoms with Crippen molar-refractivity contribution in [1.82, 2.24) is 14.7 Å². The molecule has 0 saturated carbocycles. The lowest BCUT2D eigenvalue weighted by Crippen LogP contribution is -2.40. The zero-order valence-electron chi connectivity index (χ0n) is 33.8. The molecule has 0 N–H and O–H groups in total. The molecule has 8 heteroatoms. The van der Waals surface area contributed by atoms with Crippen LogP contribution >= 0.6 is 21.6 Å². The number of anilines is 2. The second kappa shape index (κ2) is 26.7. The molecule has 0 aromatic heterocycles. The van der Waals surface area contributed by atoms with Gasteiger partial charge in [-0.25, -0.2) is 0 Å². The van der Waals surface area contributed by atoms with Crippen molar-refractivity contribution in [2.24, 2.45) is 10.9 Å². The van der Waals surface area contributed by atoms with Crippen molar-refractivity contribution in [3.8, 4) is 0 Å². The zero-order chi connectivity index (χ0) is 38.1. The van der Waals surface area contributed by atoms with Gasteiger partial charge in [0.25, 0.3) is 0 Å². The largest absolute Gasteiger partial charge is 0.375 e. The predicted molar refractivity (Wildman–Crippen MR) is 243 cm³/mol. The summed E-state index contributed by atoms with van der Waals surface area (Å²) in [6, 6.07) is 18.3. The van der Waals surface area contributed by atoms with E-state index in [1.165, 1.54) is 40.4 Å². The maximum absolute atomic E-state index is 4.16. The molecule has 6 nitrogen and oxygen atoms in total. The number of hydrogen-bond donors (Lipinski definition) is 0. The molecule has 0 aliphatic carbocycles.